The van der Waals surface area contributed by atoms with Gasteiger partial charge in [-0.05, 0) is 61.8 Å². The quantitative estimate of drug-likeness (QED) is 0.642. The van der Waals surface area contributed by atoms with Crippen LogP contribution in [0.4, 0.5) is 10.2 Å². The fraction of sp³-hybridized carbons (Fsp3) is 0.333. The summed E-state index contributed by atoms with van der Waals surface area (Å²) in [5, 5.41) is 10.3. The maximum Gasteiger partial charge on any atom is 0.251 e. The summed E-state index contributed by atoms with van der Waals surface area (Å²) < 4.78 is 15.4. The van der Waals surface area contributed by atoms with Gasteiger partial charge in [-0.2, -0.15) is 0 Å². The van der Waals surface area contributed by atoms with Crippen LogP contribution in [0.5, 0.6) is 0 Å². The Kier molecular flexibility index (Phi) is 5.20. The minimum absolute atomic E-state index is 0.0587. The van der Waals surface area contributed by atoms with Gasteiger partial charge in [0.15, 0.2) is 5.82 Å². The molecule has 2 N–H and O–H groups in total. The highest BCUT2D eigenvalue weighted by molar-refractivity contribution is 5.94. The molecule has 2 fully saturated rings. The Balaban J connectivity index is 1.13. The lowest BCUT2D eigenvalue weighted by Gasteiger charge is -2.28. The van der Waals surface area contributed by atoms with Crippen LogP contribution >= 0.6 is 0 Å². The summed E-state index contributed by atoms with van der Waals surface area (Å²) in [4.78, 5) is 29.1. The van der Waals surface area contributed by atoms with Crippen molar-refractivity contribution >= 4 is 17.6 Å². The van der Waals surface area contributed by atoms with Gasteiger partial charge in [-0.15, -0.1) is 5.10 Å². The van der Waals surface area contributed by atoms with E-state index in [4.69, 9.17) is 0 Å². The largest absolute Gasteiger partial charge is 0.349 e. The first kappa shape index (κ1) is 20.4. The van der Waals surface area contributed by atoms with Crippen molar-refractivity contribution in [1.82, 2.24) is 20.1 Å². The molecule has 1 spiro atoms. The van der Waals surface area contributed by atoms with E-state index in [0.29, 0.717) is 17.1 Å². The second kappa shape index (κ2) is 8.18. The van der Waals surface area contributed by atoms with Crippen LogP contribution in [-0.4, -0.2) is 32.6 Å². The topological polar surface area (TPSA) is 88.9 Å². The average molecular weight is 433 g/mol. The first-order chi connectivity index (χ1) is 15.5. The van der Waals surface area contributed by atoms with Crippen molar-refractivity contribution in [2.45, 2.75) is 38.1 Å². The number of carbonyl (C=O) groups excluding carboxylic acids is 2. The van der Waals surface area contributed by atoms with Gasteiger partial charge in [-0.25, -0.2) is 9.07 Å². The van der Waals surface area contributed by atoms with Gasteiger partial charge < -0.3 is 10.6 Å². The van der Waals surface area contributed by atoms with Crippen LogP contribution in [0, 0.1) is 17.2 Å². The van der Waals surface area contributed by atoms with Gasteiger partial charge >= 0.3 is 0 Å². The van der Waals surface area contributed by atoms with Gasteiger partial charge in [0.2, 0.25) is 5.91 Å². The molecule has 3 aromatic rings. The smallest absolute Gasteiger partial charge is 0.251 e. The zero-order chi connectivity index (χ0) is 22.1. The molecule has 32 heavy (non-hydrogen) atoms. The zero-order valence-corrected chi connectivity index (χ0v) is 17.5. The molecular formula is C24H24FN5O2. The van der Waals surface area contributed by atoms with E-state index < -0.39 is 0 Å². The van der Waals surface area contributed by atoms with Crippen LogP contribution in [0.15, 0.2) is 61.1 Å². The van der Waals surface area contributed by atoms with E-state index in [2.05, 4.69) is 20.7 Å². The molecule has 164 valence electrons. The zero-order valence-electron chi connectivity index (χ0n) is 17.5. The molecule has 2 saturated carbocycles. The number of rotatable bonds is 5. The molecule has 2 heterocycles. The number of hydrogen-bond donors (Lipinski definition) is 2. The molecule has 1 atom stereocenters. The van der Waals surface area contributed by atoms with E-state index in [1.807, 2.05) is 0 Å². The Morgan fingerprint density at radius 2 is 1.81 bits per heavy atom. The minimum Gasteiger partial charge on any atom is -0.349 e. The number of para-hydroxylation sites is 1. The predicted octanol–water partition coefficient (Wildman–Crippen LogP) is 3.72. The van der Waals surface area contributed by atoms with Gasteiger partial charge in [-0.1, -0.05) is 12.1 Å². The van der Waals surface area contributed by atoms with Crippen LogP contribution in [0.25, 0.3) is 5.69 Å². The van der Waals surface area contributed by atoms with Crippen molar-refractivity contribution in [3.05, 3.63) is 72.4 Å². The number of benzene rings is 1. The van der Waals surface area contributed by atoms with Gasteiger partial charge in [0.05, 0.1) is 0 Å². The Morgan fingerprint density at radius 3 is 2.56 bits per heavy atom. The number of hydrogen-bond acceptors (Lipinski definition) is 4. The monoisotopic (exact) mass is 433 g/mol. The average Bonchev–Trinajstić information content (AvgIpc) is 3.24. The lowest BCUT2D eigenvalue weighted by atomic mass is 9.79. The first-order valence-corrected chi connectivity index (χ1v) is 10.9. The van der Waals surface area contributed by atoms with Gasteiger partial charge in [0, 0.05) is 42.2 Å². The van der Waals surface area contributed by atoms with Crippen molar-refractivity contribution in [2.75, 3.05) is 5.32 Å². The fourth-order valence-corrected chi connectivity index (χ4v) is 4.69. The third-order valence-corrected chi connectivity index (χ3v) is 6.73. The molecule has 2 amide bonds. The highest BCUT2D eigenvalue weighted by Gasteiger charge is 2.56. The van der Waals surface area contributed by atoms with Crippen molar-refractivity contribution in [1.29, 1.82) is 0 Å². The van der Waals surface area contributed by atoms with Gasteiger partial charge in [0.25, 0.3) is 5.91 Å². The highest BCUT2D eigenvalue weighted by atomic mass is 19.1. The maximum atomic E-state index is 13.9. The van der Waals surface area contributed by atoms with Gasteiger partial charge in [-0.3, -0.25) is 14.6 Å². The van der Waals surface area contributed by atoms with Crippen LogP contribution < -0.4 is 10.6 Å². The summed E-state index contributed by atoms with van der Waals surface area (Å²) in [6, 6.07) is 11.6. The molecule has 1 unspecified atom stereocenters. The molecule has 8 heteroatoms. The first-order valence-electron chi connectivity index (χ1n) is 10.9. The Labute approximate surface area is 185 Å². The SMILES string of the molecule is O=C(NC1CC12CCC(C(=O)Nc1ccn(-c3ccccc3F)n1)CC2)c1ccncc1. The number of anilines is 1. The predicted molar refractivity (Wildman–Crippen MR) is 117 cm³/mol. The fourth-order valence-electron chi connectivity index (χ4n) is 4.69. The molecular weight excluding hydrogens is 409 g/mol. The third-order valence-electron chi connectivity index (χ3n) is 6.73. The number of halogens is 1. The van der Waals surface area contributed by atoms with Gasteiger partial charge in [0.1, 0.15) is 11.5 Å². The molecule has 0 bridgehead atoms. The summed E-state index contributed by atoms with van der Waals surface area (Å²) in [7, 11) is 0. The third kappa shape index (κ3) is 4.00. The van der Waals surface area contributed by atoms with Crippen molar-refractivity contribution < 1.29 is 14.0 Å². The van der Waals surface area contributed by atoms with Crippen LogP contribution in [-0.2, 0) is 4.79 Å². The number of carbonyl (C=O) groups is 2. The van der Waals surface area contributed by atoms with Crippen molar-refractivity contribution in [3.63, 3.8) is 0 Å². The Hall–Kier alpha value is -3.55. The van der Waals surface area contributed by atoms with Crippen LogP contribution in [0.2, 0.25) is 0 Å². The molecule has 2 aliphatic carbocycles. The molecule has 0 aliphatic heterocycles. The summed E-state index contributed by atoms with van der Waals surface area (Å²) in [6.07, 6.45) is 9.20. The molecule has 7 nitrogen and oxygen atoms in total. The van der Waals surface area contributed by atoms with Crippen molar-refractivity contribution in [3.8, 4) is 5.69 Å². The van der Waals surface area contributed by atoms with E-state index in [1.54, 1.807) is 55.0 Å². The second-order valence-corrected chi connectivity index (χ2v) is 8.69. The standard InChI is InChI=1S/C24H24FN5O2/c25-18-3-1-2-4-19(18)30-14-9-21(29-30)28-23(32)16-5-10-24(11-6-16)15-20(24)27-22(31)17-7-12-26-13-8-17/h1-4,7-9,12-14,16,20H,5-6,10-11,15H2,(H,27,31)(H,28,29,32). The van der Waals surface area contributed by atoms with Crippen LogP contribution in [0.1, 0.15) is 42.5 Å². The van der Waals surface area contributed by atoms with Crippen molar-refractivity contribution in [2.24, 2.45) is 11.3 Å². The molecule has 0 radical (unpaired) electrons. The molecule has 2 aromatic heterocycles. The molecule has 0 saturated heterocycles. The normalized spacial score (nSPS) is 24.2. The summed E-state index contributed by atoms with van der Waals surface area (Å²) in [5.41, 5.74) is 1.07. The number of nitrogens with zero attached hydrogens (tertiary/aromatic N) is 3. The lowest BCUT2D eigenvalue weighted by molar-refractivity contribution is -0.121. The van der Waals surface area contributed by atoms with E-state index in [1.165, 1.54) is 10.7 Å². The van der Waals surface area contributed by atoms with E-state index in [-0.39, 0.29) is 35.0 Å². The van der Waals surface area contributed by atoms with E-state index in [0.717, 1.165) is 32.1 Å². The number of pyridine rings is 1. The number of amides is 2. The maximum absolute atomic E-state index is 13.9. The molecule has 1 aromatic carbocycles. The van der Waals surface area contributed by atoms with E-state index >= 15 is 0 Å². The minimum atomic E-state index is -0.374. The summed E-state index contributed by atoms with van der Waals surface area (Å²) >= 11 is 0. The Bertz CT molecular complexity index is 1140. The van der Waals surface area contributed by atoms with E-state index in [9.17, 15) is 14.0 Å². The lowest BCUT2D eigenvalue weighted by Crippen LogP contribution is -2.33. The number of nitrogens with one attached hydrogen (secondary N) is 2. The molecule has 5 rings (SSSR count). The van der Waals surface area contributed by atoms with Crippen LogP contribution in [0.3, 0.4) is 0 Å². The Morgan fingerprint density at radius 1 is 1.06 bits per heavy atom. The molecule has 2 aliphatic rings. The second-order valence-electron chi connectivity index (χ2n) is 8.69. The summed E-state index contributed by atoms with van der Waals surface area (Å²) in [5.74, 6) is -0.180. The summed E-state index contributed by atoms with van der Waals surface area (Å²) in [6.45, 7) is 0. The highest BCUT2D eigenvalue weighted by Crippen LogP contribution is 2.57. The number of aromatic nitrogens is 3.